The van der Waals surface area contributed by atoms with Gasteiger partial charge in [0.05, 0.1) is 41.9 Å². The number of hydrogen-bond donors (Lipinski definition) is 8. The molecule has 8 N–H and O–H groups in total. The van der Waals surface area contributed by atoms with Crippen LogP contribution in [0.15, 0.2) is 172 Å². The Bertz CT molecular complexity index is 2510. The second-order valence-corrected chi connectivity index (χ2v) is 20.8. The predicted molar refractivity (Wildman–Crippen MR) is 329 cm³/mol. The Balaban J connectivity index is 0.000000477. The predicted octanol–water partition coefficient (Wildman–Crippen LogP) is 10.4. The van der Waals surface area contributed by atoms with E-state index in [1.165, 1.54) is 0 Å². The van der Waals surface area contributed by atoms with Gasteiger partial charge in [0.1, 0.15) is 6.10 Å². The number of amides is 4. The highest BCUT2D eigenvalue weighted by Crippen LogP contribution is 2.28. The summed E-state index contributed by atoms with van der Waals surface area (Å²) in [7, 11) is 0. The number of carbonyl (C=O) groups excluding carboxylic acids is 5. The summed E-state index contributed by atoms with van der Waals surface area (Å²) >= 11 is 0. The first kappa shape index (κ1) is 71.6. The fraction of sp³-hybridized carbons (Fsp3) is 0.441. The molecular formula is C68H94N4O11. The van der Waals surface area contributed by atoms with E-state index in [4.69, 9.17) is 20.1 Å². The fourth-order valence-electron chi connectivity index (χ4n) is 9.19. The van der Waals surface area contributed by atoms with Gasteiger partial charge in [-0.3, -0.25) is 28.8 Å². The van der Waals surface area contributed by atoms with Crippen LogP contribution in [0.1, 0.15) is 139 Å². The van der Waals surface area contributed by atoms with E-state index in [1.807, 2.05) is 142 Å². The summed E-state index contributed by atoms with van der Waals surface area (Å²) in [6.45, 7) is 22.2. The van der Waals surface area contributed by atoms with Gasteiger partial charge in [-0.05, 0) is 113 Å². The summed E-state index contributed by atoms with van der Waals surface area (Å²) in [5, 5.41) is 49.2. The highest BCUT2D eigenvalue weighted by molar-refractivity contribution is 5.87. The number of benzene rings is 4. The number of hydrogen-bond acceptors (Lipinski definition) is 10. The Hall–Kier alpha value is -7.46. The van der Waals surface area contributed by atoms with Crippen LogP contribution >= 0.6 is 0 Å². The molecule has 0 saturated heterocycles. The van der Waals surface area contributed by atoms with E-state index in [0.717, 1.165) is 28.7 Å². The molecule has 15 heteroatoms. The van der Waals surface area contributed by atoms with Gasteiger partial charge in [-0.1, -0.05) is 159 Å². The average molecular weight is 1140 g/mol. The maximum atomic E-state index is 13.6. The van der Waals surface area contributed by atoms with Crippen molar-refractivity contribution >= 4 is 35.6 Å². The normalized spacial score (nSPS) is 14.3. The molecule has 452 valence electrons. The van der Waals surface area contributed by atoms with Gasteiger partial charge in [0.2, 0.25) is 23.6 Å². The molecule has 0 aliphatic carbocycles. The maximum Gasteiger partial charge on any atom is 0.309 e. The van der Waals surface area contributed by atoms with Crippen molar-refractivity contribution in [1.82, 2.24) is 21.3 Å². The van der Waals surface area contributed by atoms with Crippen molar-refractivity contribution in [2.75, 3.05) is 13.2 Å². The molecule has 83 heavy (non-hydrogen) atoms. The van der Waals surface area contributed by atoms with Crippen LogP contribution in [0.3, 0.4) is 0 Å². The molecule has 4 aromatic carbocycles. The Labute approximate surface area is 493 Å². The summed E-state index contributed by atoms with van der Waals surface area (Å²) < 4.78 is 6.21. The number of esters is 1. The molecule has 0 bridgehead atoms. The molecule has 0 aliphatic heterocycles. The number of rotatable bonds is 37. The summed E-state index contributed by atoms with van der Waals surface area (Å²) in [6.07, 6.45) is 11.8. The minimum absolute atomic E-state index is 0.00638. The van der Waals surface area contributed by atoms with E-state index < -0.39 is 42.1 Å². The number of aliphatic carboxylic acids is 1. The molecule has 0 saturated carbocycles. The lowest BCUT2D eigenvalue weighted by molar-refractivity contribution is -0.157. The Morgan fingerprint density at radius 3 is 1.28 bits per heavy atom. The van der Waals surface area contributed by atoms with Crippen LogP contribution in [0.5, 0.6) is 0 Å². The SMILES string of the molecule is C=CCCC(Cc1ccccc1)C(=O)O.C=CCC[C@H](Cc1ccccc1)C(=O)OC(c1ccccc1)[C@H](CC)NC(=O)[C@H](CC=C)CC(=O)N[C@@H](C)CCO.C=CC[C@H](CC(=O)N[C@@H](C)CCO)C(=O)N[C@@H](CC)C(O)c1ccccc1. The third-order valence-electron chi connectivity index (χ3n) is 14.0. The Kier molecular flexibility index (Phi) is 36.6. The zero-order valence-electron chi connectivity index (χ0n) is 49.4. The van der Waals surface area contributed by atoms with Crippen molar-refractivity contribution in [3.05, 3.63) is 194 Å². The van der Waals surface area contributed by atoms with Crippen LogP contribution in [-0.2, 0) is 46.3 Å². The van der Waals surface area contributed by atoms with Gasteiger partial charge < -0.3 is 46.4 Å². The number of carboxylic acid groups (broad SMARTS) is 1. The van der Waals surface area contributed by atoms with Crippen LogP contribution in [0, 0.1) is 23.7 Å². The van der Waals surface area contributed by atoms with Crippen molar-refractivity contribution < 1.29 is 53.9 Å². The van der Waals surface area contributed by atoms with Crippen molar-refractivity contribution in [1.29, 1.82) is 0 Å². The summed E-state index contributed by atoms with van der Waals surface area (Å²) in [5.74, 6) is -3.98. The van der Waals surface area contributed by atoms with Crippen LogP contribution in [0.25, 0.3) is 0 Å². The quantitative estimate of drug-likeness (QED) is 0.0156. The first-order valence-corrected chi connectivity index (χ1v) is 29.1. The minimum Gasteiger partial charge on any atom is -0.481 e. The summed E-state index contributed by atoms with van der Waals surface area (Å²) in [6, 6.07) is 36.9. The van der Waals surface area contributed by atoms with Gasteiger partial charge >= 0.3 is 11.9 Å². The van der Waals surface area contributed by atoms with Crippen molar-refractivity contribution in [3.8, 4) is 0 Å². The number of allylic oxidation sites excluding steroid dienone is 4. The van der Waals surface area contributed by atoms with Gasteiger partial charge in [0, 0.05) is 38.1 Å². The number of aliphatic hydroxyl groups is 3. The van der Waals surface area contributed by atoms with E-state index in [0.29, 0.717) is 70.6 Å². The monoisotopic (exact) mass is 1140 g/mol. The van der Waals surface area contributed by atoms with Gasteiger partial charge in [0.15, 0.2) is 0 Å². The zero-order chi connectivity index (χ0) is 61.4. The number of carbonyl (C=O) groups is 6. The van der Waals surface area contributed by atoms with E-state index in [-0.39, 0.29) is 79.6 Å². The van der Waals surface area contributed by atoms with Crippen LogP contribution in [0.2, 0.25) is 0 Å². The second kappa shape index (κ2) is 42.4. The maximum absolute atomic E-state index is 13.6. The molecule has 0 fully saturated rings. The summed E-state index contributed by atoms with van der Waals surface area (Å²) in [4.78, 5) is 75.5. The third kappa shape index (κ3) is 28.9. The highest BCUT2D eigenvalue weighted by Gasteiger charge is 2.33. The lowest BCUT2D eigenvalue weighted by atomic mass is 9.93. The van der Waals surface area contributed by atoms with Gasteiger partial charge in [-0.2, -0.15) is 0 Å². The molecular weight excluding hydrogens is 1050 g/mol. The Morgan fingerprint density at radius 1 is 0.506 bits per heavy atom. The average Bonchev–Trinajstić information content (AvgIpc) is 3.57. The van der Waals surface area contributed by atoms with Crippen molar-refractivity contribution in [2.45, 2.75) is 154 Å². The molecule has 0 aromatic heterocycles. The standard InChI is InChI=1S/C34H46N2O5.C21H32N2O4.C13H16O2/c1-5-8-18-29(23-26-16-11-9-12-17-26)34(40)41-32(27-19-13-10-14-20-27)30(7-3)36-33(39)28(15-6-2)24-31(38)35-25(4)21-22-37;1-4-9-17(14-19(25)22-15(3)12-13-24)21(27)23-18(5-2)20(26)16-10-7-6-8-11-16;1-2-3-9-12(13(14)15)10-11-7-5-4-6-8-11/h5-6,9-14,16-17,19-20,25,28-30,32,37H,1-2,7-8,15,18,21-24H2,3-4H3,(H,35,38)(H,36,39);4,6-8,10-11,15,17-18,20,24,26H,1,5,9,12-14H2,2-3H3,(H,22,25)(H,23,27);2,4-8,12H,1,3,9-10H2,(H,14,15)/t25-,28+,29+,30-,32?;15-,17+,18-,20?;/m00./s1. The molecule has 4 amide bonds. The van der Waals surface area contributed by atoms with Crippen molar-refractivity contribution in [3.63, 3.8) is 0 Å². The van der Waals surface area contributed by atoms with Crippen LogP contribution in [-0.4, -0.2) is 93.4 Å². The van der Waals surface area contributed by atoms with E-state index >= 15 is 0 Å². The fourth-order valence-corrected chi connectivity index (χ4v) is 9.19. The van der Waals surface area contributed by atoms with E-state index in [1.54, 1.807) is 31.2 Å². The van der Waals surface area contributed by atoms with Crippen LogP contribution < -0.4 is 21.3 Å². The molecule has 0 aliphatic rings. The molecule has 4 aromatic rings. The number of nitrogens with one attached hydrogen (secondary N) is 4. The zero-order valence-corrected chi connectivity index (χ0v) is 49.4. The van der Waals surface area contributed by atoms with Gasteiger partial charge in [0.25, 0.3) is 0 Å². The van der Waals surface area contributed by atoms with Gasteiger partial charge in [-0.25, -0.2) is 0 Å². The molecule has 15 nitrogen and oxygen atoms in total. The van der Waals surface area contributed by atoms with Crippen LogP contribution in [0.4, 0.5) is 0 Å². The summed E-state index contributed by atoms with van der Waals surface area (Å²) in [5.41, 5.74) is 3.65. The van der Waals surface area contributed by atoms with E-state index in [2.05, 4.69) is 47.6 Å². The second-order valence-electron chi connectivity index (χ2n) is 20.8. The molecule has 3 unspecified atom stereocenters. The number of ether oxygens (including phenoxy) is 1. The topological polar surface area (TPSA) is 241 Å². The molecule has 0 spiro atoms. The van der Waals surface area contributed by atoms with Crippen molar-refractivity contribution in [2.24, 2.45) is 23.7 Å². The smallest absolute Gasteiger partial charge is 0.309 e. The number of aliphatic hydroxyl groups excluding tert-OH is 3. The largest absolute Gasteiger partial charge is 0.481 e. The van der Waals surface area contributed by atoms with E-state index in [9.17, 15) is 33.9 Å². The highest BCUT2D eigenvalue weighted by atomic mass is 16.5. The minimum atomic E-state index is -0.817. The lowest BCUT2D eigenvalue weighted by Gasteiger charge is -2.30. The molecule has 4 rings (SSSR count). The Morgan fingerprint density at radius 2 is 0.892 bits per heavy atom. The first-order chi connectivity index (χ1) is 40.0. The molecule has 0 radical (unpaired) electrons. The molecule has 10 atom stereocenters. The third-order valence-corrected chi connectivity index (χ3v) is 14.0. The number of carboxylic acids is 1. The first-order valence-electron chi connectivity index (χ1n) is 29.1. The lowest BCUT2D eigenvalue weighted by Crippen LogP contribution is -2.45. The van der Waals surface area contributed by atoms with Gasteiger partial charge in [-0.15, -0.1) is 26.3 Å². The molecule has 0 heterocycles.